The van der Waals surface area contributed by atoms with Crippen molar-refractivity contribution in [2.24, 2.45) is 0 Å². The van der Waals surface area contributed by atoms with Crippen molar-refractivity contribution in [3.63, 3.8) is 0 Å². The van der Waals surface area contributed by atoms with Gasteiger partial charge in [-0.2, -0.15) is 0 Å². The van der Waals surface area contributed by atoms with Crippen LogP contribution in [0.2, 0.25) is 0 Å². The van der Waals surface area contributed by atoms with Gasteiger partial charge < -0.3 is 10.2 Å². The van der Waals surface area contributed by atoms with E-state index in [4.69, 9.17) is 0 Å². The van der Waals surface area contributed by atoms with Crippen LogP contribution in [0.25, 0.3) is 0 Å². The minimum atomic E-state index is -4.22. The fourth-order valence-electron chi connectivity index (χ4n) is 3.84. The van der Waals surface area contributed by atoms with Crippen LogP contribution in [0, 0.1) is 12.7 Å². The van der Waals surface area contributed by atoms with Crippen LogP contribution in [0.4, 0.5) is 10.1 Å². The SMILES string of the molecule is CCCNC(=O)[C@H](C)N(Cc1cccc(C)c1)C(=O)CN(c1ccccc1)S(=O)(=O)c1ccc(F)cc1. The standard InChI is InChI=1S/C28H32FN3O4S/c1-4-17-30-28(34)22(3)31(19-23-10-8-9-21(2)18-23)27(33)20-32(25-11-6-5-7-12-25)37(35,36)26-15-13-24(29)14-16-26/h5-16,18,22H,4,17,19-20H2,1-3H3,(H,30,34)/t22-/m0/s1. The average Bonchev–Trinajstić information content (AvgIpc) is 2.89. The summed E-state index contributed by atoms with van der Waals surface area (Å²) in [7, 11) is -4.22. The van der Waals surface area contributed by atoms with Gasteiger partial charge in [0, 0.05) is 13.1 Å². The van der Waals surface area contributed by atoms with Crippen molar-refractivity contribution in [1.82, 2.24) is 10.2 Å². The highest BCUT2D eigenvalue weighted by molar-refractivity contribution is 7.92. The van der Waals surface area contributed by atoms with E-state index >= 15 is 0 Å². The highest BCUT2D eigenvalue weighted by atomic mass is 32.2. The van der Waals surface area contributed by atoms with E-state index in [0.717, 1.165) is 46.1 Å². The largest absolute Gasteiger partial charge is 0.354 e. The Balaban J connectivity index is 1.99. The third-order valence-corrected chi connectivity index (χ3v) is 7.66. The quantitative estimate of drug-likeness (QED) is 0.405. The summed E-state index contributed by atoms with van der Waals surface area (Å²) in [6.07, 6.45) is 0.738. The van der Waals surface area contributed by atoms with Gasteiger partial charge in [-0.25, -0.2) is 12.8 Å². The first-order valence-electron chi connectivity index (χ1n) is 12.1. The Hall–Kier alpha value is -3.72. The number of para-hydroxylation sites is 1. The first-order chi connectivity index (χ1) is 17.6. The van der Waals surface area contributed by atoms with Crippen LogP contribution < -0.4 is 9.62 Å². The normalized spacial score (nSPS) is 12.0. The lowest BCUT2D eigenvalue weighted by Gasteiger charge is -2.32. The molecule has 0 radical (unpaired) electrons. The number of nitrogens with zero attached hydrogens (tertiary/aromatic N) is 2. The van der Waals surface area contributed by atoms with E-state index in [9.17, 15) is 22.4 Å². The molecule has 0 aliphatic heterocycles. The number of nitrogens with one attached hydrogen (secondary N) is 1. The molecule has 0 aliphatic rings. The third kappa shape index (κ3) is 7.16. The van der Waals surface area contributed by atoms with Gasteiger partial charge in [0.05, 0.1) is 10.6 Å². The summed E-state index contributed by atoms with van der Waals surface area (Å²) in [6, 6.07) is 19.4. The predicted molar refractivity (Wildman–Crippen MR) is 142 cm³/mol. The molecule has 0 aliphatic carbocycles. The number of aryl methyl sites for hydroxylation is 1. The van der Waals surface area contributed by atoms with Crippen LogP contribution in [0.5, 0.6) is 0 Å². The van der Waals surface area contributed by atoms with Crippen molar-refractivity contribution < 1.29 is 22.4 Å². The number of carbonyl (C=O) groups excluding carboxylic acids is 2. The predicted octanol–water partition coefficient (Wildman–Crippen LogP) is 4.27. The fourth-order valence-corrected chi connectivity index (χ4v) is 5.26. The smallest absolute Gasteiger partial charge is 0.264 e. The lowest BCUT2D eigenvalue weighted by molar-refractivity contribution is -0.139. The Kier molecular flexibility index (Phi) is 9.41. The van der Waals surface area contributed by atoms with Gasteiger partial charge in [0.2, 0.25) is 11.8 Å². The van der Waals surface area contributed by atoms with Gasteiger partial charge in [-0.05, 0) is 62.2 Å². The summed E-state index contributed by atoms with van der Waals surface area (Å²) in [6.45, 7) is 5.53. The summed E-state index contributed by atoms with van der Waals surface area (Å²) in [5.41, 5.74) is 2.09. The van der Waals surface area contributed by atoms with Crippen molar-refractivity contribution in [2.75, 3.05) is 17.4 Å². The second-order valence-electron chi connectivity index (χ2n) is 8.78. The number of halogens is 1. The minimum Gasteiger partial charge on any atom is -0.354 e. The van der Waals surface area contributed by atoms with Crippen LogP contribution in [-0.2, 0) is 26.2 Å². The molecule has 3 aromatic rings. The summed E-state index contributed by atoms with van der Waals surface area (Å²) in [5, 5.41) is 2.81. The maximum Gasteiger partial charge on any atom is 0.264 e. The molecule has 0 spiro atoms. The number of hydrogen-bond acceptors (Lipinski definition) is 4. The molecular formula is C28H32FN3O4S. The van der Waals surface area contributed by atoms with Gasteiger partial charge >= 0.3 is 0 Å². The van der Waals surface area contributed by atoms with Crippen LogP contribution in [-0.4, -0.2) is 44.3 Å². The van der Waals surface area contributed by atoms with Crippen molar-refractivity contribution in [1.29, 1.82) is 0 Å². The van der Waals surface area contributed by atoms with Crippen molar-refractivity contribution >= 4 is 27.5 Å². The highest BCUT2D eigenvalue weighted by Gasteiger charge is 2.32. The van der Waals surface area contributed by atoms with Gasteiger partial charge in [-0.3, -0.25) is 13.9 Å². The molecule has 2 amide bonds. The van der Waals surface area contributed by atoms with Crippen molar-refractivity contribution in [2.45, 2.75) is 44.7 Å². The first-order valence-corrected chi connectivity index (χ1v) is 13.5. The van der Waals surface area contributed by atoms with E-state index in [-0.39, 0.29) is 23.0 Å². The van der Waals surface area contributed by atoms with Gasteiger partial charge in [0.25, 0.3) is 10.0 Å². The zero-order chi connectivity index (χ0) is 27.0. The van der Waals surface area contributed by atoms with Crippen molar-refractivity contribution in [3.05, 3.63) is 95.8 Å². The van der Waals surface area contributed by atoms with Crippen LogP contribution in [0.15, 0.2) is 83.8 Å². The molecule has 1 N–H and O–H groups in total. The van der Waals surface area contributed by atoms with Crippen molar-refractivity contribution in [3.8, 4) is 0 Å². The van der Waals surface area contributed by atoms with Gasteiger partial charge in [0.15, 0.2) is 0 Å². The average molecular weight is 526 g/mol. The molecule has 0 saturated heterocycles. The Bertz CT molecular complexity index is 1310. The van der Waals surface area contributed by atoms with E-state index in [1.165, 1.54) is 4.90 Å². The van der Waals surface area contributed by atoms with Crippen LogP contribution in [0.1, 0.15) is 31.4 Å². The molecule has 0 unspecified atom stereocenters. The second-order valence-corrected chi connectivity index (χ2v) is 10.6. The molecule has 0 saturated carbocycles. The minimum absolute atomic E-state index is 0.125. The molecule has 9 heteroatoms. The van der Waals surface area contributed by atoms with E-state index in [1.807, 2.05) is 38.1 Å². The molecule has 196 valence electrons. The molecule has 0 aromatic heterocycles. The number of amides is 2. The molecule has 0 heterocycles. The Morgan fingerprint density at radius 2 is 1.65 bits per heavy atom. The molecule has 37 heavy (non-hydrogen) atoms. The number of hydrogen-bond donors (Lipinski definition) is 1. The maximum absolute atomic E-state index is 13.7. The Labute approximate surface area is 218 Å². The molecule has 0 fully saturated rings. The highest BCUT2D eigenvalue weighted by Crippen LogP contribution is 2.24. The molecule has 7 nitrogen and oxygen atoms in total. The van der Waals surface area contributed by atoms with Gasteiger partial charge in [-0.1, -0.05) is 55.0 Å². The number of rotatable bonds is 11. The van der Waals surface area contributed by atoms with Crippen LogP contribution >= 0.6 is 0 Å². The van der Waals surface area contributed by atoms with E-state index < -0.39 is 34.3 Å². The summed E-state index contributed by atoms with van der Waals surface area (Å²) >= 11 is 0. The number of carbonyl (C=O) groups is 2. The number of anilines is 1. The van der Waals surface area contributed by atoms with Crippen LogP contribution in [0.3, 0.4) is 0 Å². The monoisotopic (exact) mass is 525 g/mol. The Morgan fingerprint density at radius 1 is 0.973 bits per heavy atom. The van der Waals surface area contributed by atoms with E-state index in [1.54, 1.807) is 37.3 Å². The molecule has 1 atom stereocenters. The second kappa shape index (κ2) is 12.5. The lowest BCUT2D eigenvalue weighted by atomic mass is 10.1. The zero-order valence-electron chi connectivity index (χ0n) is 21.2. The van der Waals surface area contributed by atoms with Gasteiger partial charge in [-0.15, -0.1) is 0 Å². The summed E-state index contributed by atoms with van der Waals surface area (Å²) < 4.78 is 41.7. The molecule has 0 bridgehead atoms. The lowest BCUT2D eigenvalue weighted by Crippen LogP contribution is -2.51. The van der Waals surface area contributed by atoms with E-state index in [0.29, 0.717) is 6.54 Å². The number of benzene rings is 3. The summed E-state index contributed by atoms with van der Waals surface area (Å²) in [4.78, 5) is 27.8. The zero-order valence-corrected chi connectivity index (χ0v) is 22.0. The number of sulfonamides is 1. The topological polar surface area (TPSA) is 86.8 Å². The molecule has 3 rings (SSSR count). The molecule has 3 aromatic carbocycles. The first kappa shape index (κ1) is 27.9. The summed E-state index contributed by atoms with van der Waals surface area (Å²) in [5.74, 6) is -1.44. The Morgan fingerprint density at radius 3 is 2.27 bits per heavy atom. The maximum atomic E-state index is 13.7. The molecular weight excluding hydrogens is 493 g/mol. The third-order valence-electron chi connectivity index (χ3n) is 5.88. The van der Waals surface area contributed by atoms with Gasteiger partial charge in [0.1, 0.15) is 18.4 Å². The van der Waals surface area contributed by atoms with E-state index in [2.05, 4.69) is 5.32 Å². The fraction of sp³-hybridized carbons (Fsp3) is 0.286.